The van der Waals surface area contributed by atoms with Crippen molar-refractivity contribution in [2.45, 2.75) is 32.6 Å². The van der Waals surface area contributed by atoms with Gasteiger partial charge in [0.25, 0.3) is 0 Å². The summed E-state index contributed by atoms with van der Waals surface area (Å²) in [5, 5.41) is 0. The summed E-state index contributed by atoms with van der Waals surface area (Å²) >= 11 is 0. The molecule has 2 aliphatic rings. The first-order valence-electron chi connectivity index (χ1n) is 7.20. The Kier molecular flexibility index (Phi) is 2.96. The summed E-state index contributed by atoms with van der Waals surface area (Å²) in [6, 6.07) is 6.33. The van der Waals surface area contributed by atoms with Crippen LogP contribution < -0.4 is 10.6 Å². The fourth-order valence-corrected chi connectivity index (χ4v) is 4.03. The van der Waals surface area contributed by atoms with E-state index in [1.54, 1.807) is 0 Å². The lowest BCUT2D eigenvalue weighted by atomic mass is 9.88. The smallest absolute Gasteiger partial charge is 0.0600 e. The van der Waals surface area contributed by atoms with Crippen LogP contribution in [0.4, 0.5) is 11.4 Å². The van der Waals surface area contributed by atoms with Crippen molar-refractivity contribution in [3.63, 3.8) is 0 Å². The van der Waals surface area contributed by atoms with Crippen LogP contribution in [0.2, 0.25) is 0 Å². The summed E-state index contributed by atoms with van der Waals surface area (Å²) in [4.78, 5) is 2.37. The Morgan fingerprint density at radius 3 is 2.78 bits per heavy atom. The summed E-state index contributed by atoms with van der Waals surface area (Å²) in [5.74, 6) is 2.92. The zero-order valence-corrected chi connectivity index (χ0v) is 11.5. The van der Waals surface area contributed by atoms with Gasteiger partial charge >= 0.3 is 0 Å². The number of nitrogen functional groups attached to an aromatic ring is 1. The number of nitrogens with zero attached hydrogens (tertiary/aromatic N) is 1. The third-order valence-corrected chi connectivity index (χ3v) is 4.99. The lowest BCUT2D eigenvalue weighted by molar-refractivity contribution is 0.337. The van der Waals surface area contributed by atoms with E-state index in [2.05, 4.69) is 31.0 Å². The first-order valence-corrected chi connectivity index (χ1v) is 7.20. The van der Waals surface area contributed by atoms with Crippen molar-refractivity contribution in [3.8, 4) is 0 Å². The number of fused-ring (bicyclic) bond motifs is 2. The van der Waals surface area contributed by atoms with Gasteiger partial charge in [0.1, 0.15) is 0 Å². The van der Waals surface area contributed by atoms with Gasteiger partial charge in [0.2, 0.25) is 0 Å². The van der Waals surface area contributed by atoms with Crippen LogP contribution in [-0.4, -0.2) is 13.6 Å². The maximum Gasteiger partial charge on any atom is 0.0600 e. The van der Waals surface area contributed by atoms with E-state index in [-0.39, 0.29) is 0 Å². The number of aryl methyl sites for hydroxylation is 1. The standard InChI is InChI=1S/C16H24N2/c1-11-3-6-15(17)16(7-11)18(2)10-14-9-12-4-5-13(14)8-12/h3,6-7,12-14H,4-5,8-10,17H2,1-2H3. The van der Waals surface area contributed by atoms with E-state index in [1.807, 2.05) is 6.07 Å². The number of benzene rings is 1. The van der Waals surface area contributed by atoms with Gasteiger partial charge in [-0.05, 0) is 61.6 Å². The fraction of sp³-hybridized carbons (Fsp3) is 0.625. The SMILES string of the molecule is Cc1ccc(N)c(N(C)CC2CC3CCC2C3)c1. The van der Waals surface area contributed by atoms with E-state index >= 15 is 0 Å². The van der Waals surface area contributed by atoms with Crippen LogP contribution in [-0.2, 0) is 0 Å². The first-order chi connectivity index (χ1) is 8.63. The van der Waals surface area contributed by atoms with E-state index in [4.69, 9.17) is 5.73 Å². The summed E-state index contributed by atoms with van der Waals surface area (Å²) in [7, 11) is 2.19. The molecule has 0 saturated heterocycles. The molecular formula is C16H24N2. The minimum Gasteiger partial charge on any atom is -0.397 e. The first kappa shape index (κ1) is 11.9. The van der Waals surface area contributed by atoms with Crippen LogP contribution in [0.3, 0.4) is 0 Å². The van der Waals surface area contributed by atoms with Crippen molar-refractivity contribution in [2.24, 2.45) is 17.8 Å². The minimum atomic E-state index is 0.897. The average molecular weight is 244 g/mol. The van der Waals surface area contributed by atoms with Gasteiger partial charge in [0.05, 0.1) is 11.4 Å². The highest BCUT2D eigenvalue weighted by molar-refractivity contribution is 5.68. The van der Waals surface area contributed by atoms with Crippen molar-refractivity contribution in [2.75, 3.05) is 24.2 Å². The molecule has 3 atom stereocenters. The van der Waals surface area contributed by atoms with E-state index in [9.17, 15) is 0 Å². The molecular weight excluding hydrogens is 220 g/mol. The number of rotatable bonds is 3. The molecule has 2 saturated carbocycles. The molecule has 98 valence electrons. The molecule has 2 N–H and O–H groups in total. The highest BCUT2D eigenvalue weighted by Gasteiger charge is 2.39. The number of hydrogen-bond donors (Lipinski definition) is 1. The molecule has 0 amide bonds. The van der Waals surface area contributed by atoms with Crippen LogP contribution in [0.25, 0.3) is 0 Å². The Labute approximate surface area is 110 Å². The van der Waals surface area contributed by atoms with Gasteiger partial charge in [-0.15, -0.1) is 0 Å². The maximum atomic E-state index is 6.10. The molecule has 2 aliphatic carbocycles. The molecule has 2 bridgehead atoms. The Morgan fingerprint density at radius 2 is 2.11 bits per heavy atom. The molecule has 1 aromatic carbocycles. The van der Waals surface area contributed by atoms with Crippen molar-refractivity contribution < 1.29 is 0 Å². The van der Waals surface area contributed by atoms with Gasteiger partial charge in [-0.1, -0.05) is 12.5 Å². The Hall–Kier alpha value is -1.18. The quantitative estimate of drug-likeness (QED) is 0.825. The maximum absolute atomic E-state index is 6.10. The largest absolute Gasteiger partial charge is 0.397 e. The van der Waals surface area contributed by atoms with Gasteiger partial charge in [-0.3, -0.25) is 0 Å². The van der Waals surface area contributed by atoms with Crippen molar-refractivity contribution in [3.05, 3.63) is 23.8 Å². The van der Waals surface area contributed by atoms with Crippen LogP contribution in [0, 0.1) is 24.7 Å². The Balaban J connectivity index is 1.71. The predicted molar refractivity (Wildman–Crippen MR) is 77.8 cm³/mol. The van der Waals surface area contributed by atoms with Crippen LogP contribution in [0.15, 0.2) is 18.2 Å². The molecule has 18 heavy (non-hydrogen) atoms. The molecule has 2 nitrogen and oxygen atoms in total. The summed E-state index contributed by atoms with van der Waals surface area (Å²) in [6.07, 6.45) is 5.88. The molecule has 2 heteroatoms. The average Bonchev–Trinajstić information content (AvgIpc) is 2.94. The Bertz CT molecular complexity index is 441. The fourth-order valence-electron chi connectivity index (χ4n) is 4.03. The second kappa shape index (κ2) is 4.49. The predicted octanol–water partition coefficient (Wildman–Crippen LogP) is 3.45. The Morgan fingerprint density at radius 1 is 1.28 bits per heavy atom. The summed E-state index contributed by atoms with van der Waals surface area (Å²) in [5.41, 5.74) is 9.50. The van der Waals surface area contributed by atoms with Crippen LogP contribution in [0.1, 0.15) is 31.2 Å². The van der Waals surface area contributed by atoms with Crippen LogP contribution >= 0.6 is 0 Å². The van der Waals surface area contributed by atoms with Gasteiger partial charge < -0.3 is 10.6 Å². The van der Waals surface area contributed by atoms with E-state index in [1.165, 1.54) is 43.5 Å². The molecule has 0 heterocycles. The van der Waals surface area contributed by atoms with E-state index in [0.29, 0.717) is 0 Å². The van der Waals surface area contributed by atoms with Crippen LogP contribution in [0.5, 0.6) is 0 Å². The summed E-state index contributed by atoms with van der Waals surface area (Å²) in [6.45, 7) is 3.31. The third-order valence-electron chi connectivity index (χ3n) is 4.99. The molecule has 3 unspecified atom stereocenters. The van der Waals surface area contributed by atoms with Gasteiger partial charge in [-0.2, -0.15) is 0 Å². The highest BCUT2D eigenvalue weighted by Crippen LogP contribution is 2.48. The van der Waals surface area contributed by atoms with Gasteiger partial charge in [0.15, 0.2) is 0 Å². The molecule has 0 spiro atoms. The van der Waals surface area contributed by atoms with Crippen molar-refractivity contribution >= 4 is 11.4 Å². The molecule has 0 aliphatic heterocycles. The lowest BCUT2D eigenvalue weighted by Gasteiger charge is -2.29. The lowest BCUT2D eigenvalue weighted by Crippen LogP contribution is -2.29. The van der Waals surface area contributed by atoms with Gasteiger partial charge in [0, 0.05) is 13.6 Å². The van der Waals surface area contributed by atoms with E-state index in [0.717, 1.165) is 23.4 Å². The van der Waals surface area contributed by atoms with Gasteiger partial charge in [-0.25, -0.2) is 0 Å². The zero-order chi connectivity index (χ0) is 12.7. The highest BCUT2D eigenvalue weighted by atomic mass is 15.1. The second-order valence-corrected chi connectivity index (χ2v) is 6.38. The third kappa shape index (κ3) is 2.09. The molecule has 1 aromatic rings. The zero-order valence-electron chi connectivity index (χ0n) is 11.5. The number of anilines is 2. The van der Waals surface area contributed by atoms with Crippen molar-refractivity contribution in [1.82, 2.24) is 0 Å². The second-order valence-electron chi connectivity index (χ2n) is 6.38. The molecule has 0 radical (unpaired) electrons. The summed E-state index contributed by atoms with van der Waals surface area (Å²) < 4.78 is 0. The topological polar surface area (TPSA) is 29.3 Å². The minimum absolute atomic E-state index is 0.897. The molecule has 3 rings (SSSR count). The molecule has 0 aromatic heterocycles. The monoisotopic (exact) mass is 244 g/mol. The molecule has 2 fully saturated rings. The van der Waals surface area contributed by atoms with Crippen molar-refractivity contribution in [1.29, 1.82) is 0 Å². The normalized spacial score (nSPS) is 29.8. The number of nitrogens with two attached hydrogens (primary N) is 1. The number of hydrogen-bond acceptors (Lipinski definition) is 2. The van der Waals surface area contributed by atoms with E-state index < -0.39 is 0 Å².